The molecule has 0 bridgehead atoms. The standard InChI is InChI=1S/C16H28N2/c1-5-11-18(6-2)13-15-7-9-16(10-8-15)14(3)12-17-4/h7-10,14,17H,5-6,11-13H2,1-4H3. The Morgan fingerprint density at radius 1 is 1.17 bits per heavy atom. The van der Waals surface area contributed by atoms with E-state index in [2.05, 4.69) is 55.3 Å². The summed E-state index contributed by atoms with van der Waals surface area (Å²) in [6, 6.07) is 9.11. The van der Waals surface area contributed by atoms with Gasteiger partial charge < -0.3 is 5.32 Å². The van der Waals surface area contributed by atoms with Crippen LogP contribution in [0.25, 0.3) is 0 Å². The monoisotopic (exact) mass is 248 g/mol. The fourth-order valence-electron chi connectivity index (χ4n) is 2.30. The maximum Gasteiger partial charge on any atom is 0.0233 e. The topological polar surface area (TPSA) is 15.3 Å². The van der Waals surface area contributed by atoms with E-state index in [1.165, 1.54) is 24.1 Å². The van der Waals surface area contributed by atoms with Crippen molar-refractivity contribution < 1.29 is 0 Å². The summed E-state index contributed by atoms with van der Waals surface area (Å²) < 4.78 is 0. The first-order valence-corrected chi connectivity index (χ1v) is 7.17. The van der Waals surface area contributed by atoms with E-state index in [-0.39, 0.29) is 0 Å². The van der Waals surface area contributed by atoms with Crippen molar-refractivity contribution in [2.45, 2.75) is 39.7 Å². The van der Waals surface area contributed by atoms with Crippen LogP contribution in [0.3, 0.4) is 0 Å². The molecule has 0 saturated carbocycles. The highest BCUT2D eigenvalue weighted by atomic mass is 15.1. The molecule has 0 saturated heterocycles. The lowest BCUT2D eigenvalue weighted by Crippen LogP contribution is -2.23. The van der Waals surface area contributed by atoms with E-state index < -0.39 is 0 Å². The number of rotatable bonds is 8. The van der Waals surface area contributed by atoms with E-state index in [1.54, 1.807) is 0 Å². The van der Waals surface area contributed by atoms with Crippen molar-refractivity contribution in [2.75, 3.05) is 26.7 Å². The number of nitrogens with zero attached hydrogens (tertiary/aromatic N) is 1. The Morgan fingerprint density at radius 3 is 2.33 bits per heavy atom. The second-order valence-corrected chi connectivity index (χ2v) is 5.07. The lowest BCUT2D eigenvalue weighted by molar-refractivity contribution is 0.280. The largest absolute Gasteiger partial charge is 0.319 e. The van der Waals surface area contributed by atoms with Crippen LogP contribution >= 0.6 is 0 Å². The highest BCUT2D eigenvalue weighted by Crippen LogP contribution is 2.16. The quantitative estimate of drug-likeness (QED) is 0.760. The lowest BCUT2D eigenvalue weighted by atomic mass is 10.00. The molecule has 0 aliphatic heterocycles. The third-order valence-electron chi connectivity index (χ3n) is 3.45. The summed E-state index contributed by atoms with van der Waals surface area (Å²) >= 11 is 0. The summed E-state index contributed by atoms with van der Waals surface area (Å²) in [6.45, 7) is 11.2. The van der Waals surface area contributed by atoms with Gasteiger partial charge in [0.15, 0.2) is 0 Å². The van der Waals surface area contributed by atoms with Crippen LogP contribution in [0.4, 0.5) is 0 Å². The second-order valence-electron chi connectivity index (χ2n) is 5.07. The molecule has 0 aromatic heterocycles. The summed E-state index contributed by atoms with van der Waals surface area (Å²) in [7, 11) is 2.01. The van der Waals surface area contributed by atoms with Gasteiger partial charge in [-0.1, -0.05) is 45.0 Å². The fraction of sp³-hybridized carbons (Fsp3) is 0.625. The van der Waals surface area contributed by atoms with Crippen molar-refractivity contribution in [3.8, 4) is 0 Å². The van der Waals surface area contributed by atoms with Gasteiger partial charge in [0.25, 0.3) is 0 Å². The maximum absolute atomic E-state index is 3.23. The molecule has 0 aliphatic rings. The Labute approximate surface area is 112 Å². The second kappa shape index (κ2) is 8.28. The van der Waals surface area contributed by atoms with Crippen molar-refractivity contribution in [3.63, 3.8) is 0 Å². The van der Waals surface area contributed by atoms with Gasteiger partial charge in [-0.2, -0.15) is 0 Å². The number of hydrogen-bond acceptors (Lipinski definition) is 2. The van der Waals surface area contributed by atoms with Crippen molar-refractivity contribution in [1.29, 1.82) is 0 Å². The predicted molar refractivity (Wildman–Crippen MR) is 80.0 cm³/mol. The maximum atomic E-state index is 3.23. The third kappa shape index (κ3) is 4.79. The molecule has 0 radical (unpaired) electrons. The van der Waals surface area contributed by atoms with Gasteiger partial charge in [-0.05, 0) is 43.6 Å². The molecule has 1 atom stereocenters. The van der Waals surface area contributed by atoms with Crippen molar-refractivity contribution in [2.24, 2.45) is 0 Å². The van der Waals surface area contributed by atoms with E-state index >= 15 is 0 Å². The van der Waals surface area contributed by atoms with Crippen LogP contribution in [-0.4, -0.2) is 31.6 Å². The first-order chi connectivity index (χ1) is 8.71. The van der Waals surface area contributed by atoms with Crippen LogP contribution in [-0.2, 0) is 6.54 Å². The molecule has 0 amide bonds. The Balaban J connectivity index is 2.59. The summed E-state index contributed by atoms with van der Waals surface area (Å²) in [5.41, 5.74) is 2.84. The smallest absolute Gasteiger partial charge is 0.0233 e. The molecule has 0 spiro atoms. The molecular weight excluding hydrogens is 220 g/mol. The van der Waals surface area contributed by atoms with Gasteiger partial charge in [0.1, 0.15) is 0 Å². The molecule has 1 aromatic carbocycles. The Morgan fingerprint density at radius 2 is 1.83 bits per heavy atom. The molecule has 1 N–H and O–H groups in total. The van der Waals surface area contributed by atoms with Crippen LogP contribution in [0.5, 0.6) is 0 Å². The number of benzene rings is 1. The molecule has 1 aromatic rings. The molecule has 2 nitrogen and oxygen atoms in total. The zero-order chi connectivity index (χ0) is 13.4. The Bertz CT molecular complexity index is 318. The van der Waals surface area contributed by atoms with Crippen molar-refractivity contribution >= 4 is 0 Å². The van der Waals surface area contributed by atoms with Crippen LogP contribution in [0.15, 0.2) is 24.3 Å². The summed E-state index contributed by atoms with van der Waals surface area (Å²) in [6.07, 6.45) is 1.23. The van der Waals surface area contributed by atoms with Crippen LogP contribution in [0.2, 0.25) is 0 Å². The van der Waals surface area contributed by atoms with Crippen LogP contribution < -0.4 is 5.32 Å². The highest BCUT2D eigenvalue weighted by Gasteiger charge is 2.05. The molecule has 1 rings (SSSR count). The fourth-order valence-corrected chi connectivity index (χ4v) is 2.30. The van der Waals surface area contributed by atoms with E-state index in [0.29, 0.717) is 5.92 Å². The van der Waals surface area contributed by atoms with Gasteiger partial charge in [-0.15, -0.1) is 0 Å². The minimum absolute atomic E-state index is 0.585. The third-order valence-corrected chi connectivity index (χ3v) is 3.45. The van der Waals surface area contributed by atoms with E-state index in [1.807, 2.05) is 7.05 Å². The molecule has 0 fully saturated rings. The van der Waals surface area contributed by atoms with Gasteiger partial charge in [-0.3, -0.25) is 4.90 Å². The minimum Gasteiger partial charge on any atom is -0.319 e. The van der Waals surface area contributed by atoms with Crippen LogP contribution in [0, 0.1) is 0 Å². The Kier molecular flexibility index (Phi) is 6.99. The van der Waals surface area contributed by atoms with Gasteiger partial charge in [0, 0.05) is 13.1 Å². The zero-order valence-electron chi connectivity index (χ0n) is 12.4. The lowest BCUT2D eigenvalue weighted by Gasteiger charge is -2.20. The summed E-state index contributed by atoms with van der Waals surface area (Å²) in [5, 5.41) is 3.23. The van der Waals surface area contributed by atoms with Crippen molar-refractivity contribution in [3.05, 3.63) is 35.4 Å². The van der Waals surface area contributed by atoms with Gasteiger partial charge >= 0.3 is 0 Å². The molecule has 18 heavy (non-hydrogen) atoms. The number of hydrogen-bond donors (Lipinski definition) is 1. The normalized spacial score (nSPS) is 12.9. The molecule has 0 heterocycles. The number of nitrogens with one attached hydrogen (secondary N) is 1. The highest BCUT2D eigenvalue weighted by molar-refractivity contribution is 5.25. The minimum atomic E-state index is 0.585. The SMILES string of the molecule is CCCN(CC)Cc1ccc(C(C)CNC)cc1. The first-order valence-electron chi connectivity index (χ1n) is 7.17. The van der Waals surface area contributed by atoms with Crippen molar-refractivity contribution in [1.82, 2.24) is 10.2 Å². The van der Waals surface area contributed by atoms with Crippen LogP contribution in [0.1, 0.15) is 44.2 Å². The van der Waals surface area contributed by atoms with Gasteiger partial charge in [0.05, 0.1) is 0 Å². The molecular formula is C16H28N2. The average molecular weight is 248 g/mol. The average Bonchev–Trinajstić information content (AvgIpc) is 2.39. The molecule has 2 heteroatoms. The first kappa shape index (κ1) is 15.2. The van der Waals surface area contributed by atoms with Gasteiger partial charge in [0.2, 0.25) is 0 Å². The van der Waals surface area contributed by atoms with Gasteiger partial charge in [-0.25, -0.2) is 0 Å². The molecule has 0 aliphatic carbocycles. The zero-order valence-corrected chi connectivity index (χ0v) is 12.4. The Hall–Kier alpha value is -0.860. The van der Waals surface area contributed by atoms with E-state index in [9.17, 15) is 0 Å². The van der Waals surface area contributed by atoms with E-state index in [4.69, 9.17) is 0 Å². The van der Waals surface area contributed by atoms with E-state index in [0.717, 1.165) is 19.6 Å². The number of likely N-dealkylation sites (N-methyl/N-ethyl adjacent to an activating group) is 1. The predicted octanol–water partition coefficient (Wildman–Crippen LogP) is 3.24. The summed E-state index contributed by atoms with van der Waals surface area (Å²) in [4.78, 5) is 2.49. The molecule has 102 valence electrons. The molecule has 1 unspecified atom stereocenters. The summed E-state index contributed by atoms with van der Waals surface area (Å²) in [5.74, 6) is 0.585.